The number of nitrogens with zero attached hydrogens (tertiary/aromatic N) is 3. The third kappa shape index (κ3) is 2.08. The average molecular weight is 283 g/mol. The minimum absolute atomic E-state index is 0.195. The molecule has 2 N–H and O–H groups in total. The maximum Gasteiger partial charge on any atom is 0.356 e. The van der Waals surface area contributed by atoms with Gasteiger partial charge in [0.1, 0.15) is 11.5 Å². The summed E-state index contributed by atoms with van der Waals surface area (Å²) in [6.45, 7) is 1.82. The molecule has 0 spiro atoms. The van der Waals surface area contributed by atoms with Crippen LogP contribution in [0.2, 0.25) is 0 Å². The van der Waals surface area contributed by atoms with Gasteiger partial charge in [0.05, 0.1) is 5.39 Å². The minimum atomic E-state index is -0.554. The van der Waals surface area contributed by atoms with Gasteiger partial charge >= 0.3 is 5.69 Å². The second kappa shape index (κ2) is 4.86. The van der Waals surface area contributed by atoms with E-state index in [9.17, 15) is 9.59 Å². The molecule has 7 heteroatoms. The summed E-state index contributed by atoms with van der Waals surface area (Å²) in [7, 11) is 1.68. The Morgan fingerprint density at radius 3 is 2.71 bits per heavy atom. The van der Waals surface area contributed by atoms with Gasteiger partial charge in [-0.2, -0.15) is 4.98 Å². The molecule has 3 heterocycles. The monoisotopic (exact) mass is 283 g/mol. The van der Waals surface area contributed by atoms with Crippen LogP contribution in [0.25, 0.3) is 16.7 Å². The fourth-order valence-corrected chi connectivity index (χ4v) is 2.18. The van der Waals surface area contributed by atoms with E-state index in [1.807, 2.05) is 19.1 Å². The largest absolute Gasteiger partial charge is 0.372 e. The van der Waals surface area contributed by atoms with Crippen molar-refractivity contribution in [2.75, 3.05) is 12.4 Å². The molecule has 0 radical (unpaired) electrons. The summed E-state index contributed by atoms with van der Waals surface area (Å²) in [5.74, 6) is 0.436. The molecule has 0 saturated heterocycles. The SMILES string of the molecule is CNc1nc(=O)n(-c2c[nH]ccc2=O)c2nc(C)ccc12. The first kappa shape index (κ1) is 13.0. The van der Waals surface area contributed by atoms with Crippen LogP contribution < -0.4 is 16.4 Å². The van der Waals surface area contributed by atoms with E-state index in [-0.39, 0.29) is 11.1 Å². The van der Waals surface area contributed by atoms with E-state index in [0.29, 0.717) is 16.9 Å². The Labute approximate surface area is 119 Å². The third-order valence-corrected chi connectivity index (χ3v) is 3.16. The first-order chi connectivity index (χ1) is 10.1. The van der Waals surface area contributed by atoms with Crippen molar-refractivity contribution in [1.29, 1.82) is 0 Å². The predicted molar refractivity (Wildman–Crippen MR) is 80.0 cm³/mol. The van der Waals surface area contributed by atoms with E-state index in [1.54, 1.807) is 7.05 Å². The number of H-pyrrole nitrogens is 1. The normalized spacial score (nSPS) is 10.8. The Morgan fingerprint density at radius 1 is 1.19 bits per heavy atom. The Balaban J connectivity index is 2.51. The molecule has 0 amide bonds. The van der Waals surface area contributed by atoms with Crippen LogP contribution in [0.3, 0.4) is 0 Å². The van der Waals surface area contributed by atoms with Gasteiger partial charge in [0.25, 0.3) is 0 Å². The van der Waals surface area contributed by atoms with Crippen molar-refractivity contribution < 1.29 is 0 Å². The molecule has 7 nitrogen and oxygen atoms in total. The highest BCUT2D eigenvalue weighted by molar-refractivity contribution is 5.87. The van der Waals surface area contributed by atoms with Crippen molar-refractivity contribution in [3.8, 4) is 5.69 Å². The summed E-state index contributed by atoms with van der Waals surface area (Å²) < 4.78 is 1.22. The first-order valence-electron chi connectivity index (χ1n) is 6.37. The van der Waals surface area contributed by atoms with E-state index in [1.165, 1.54) is 23.0 Å². The van der Waals surface area contributed by atoms with Gasteiger partial charge in [-0.3, -0.25) is 4.79 Å². The highest BCUT2D eigenvalue weighted by Gasteiger charge is 2.14. The zero-order valence-corrected chi connectivity index (χ0v) is 11.5. The highest BCUT2D eigenvalue weighted by atomic mass is 16.1. The van der Waals surface area contributed by atoms with Crippen LogP contribution in [-0.4, -0.2) is 26.6 Å². The molecule has 0 unspecified atom stereocenters. The molecule has 0 aliphatic heterocycles. The standard InChI is InChI=1S/C14H13N5O2/c1-8-3-4-9-12(15-2)18-14(21)19(13(9)17-8)10-7-16-6-5-11(10)20/h3-7H,1-2H3,(H,16,20)(H,15,18,21). The number of anilines is 1. The molecule has 0 atom stereocenters. The Bertz CT molecular complexity index is 942. The lowest BCUT2D eigenvalue weighted by molar-refractivity contribution is 0.923. The molecule has 0 fully saturated rings. The van der Waals surface area contributed by atoms with Gasteiger partial charge in [0, 0.05) is 31.2 Å². The molecule has 106 valence electrons. The van der Waals surface area contributed by atoms with Crippen LogP contribution in [0.4, 0.5) is 5.82 Å². The molecule has 0 saturated carbocycles. The number of nitrogens with one attached hydrogen (secondary N) is 2. The van der Waals surface area contributed by atoms with E-state index in [2.05, 4.69) is 20.3 Å². The molecule has 0 aliphatic carbocycles. The Kier molecular flexibility index (Phi) is 3.02. The topological polar surface area (TPSA) is 92.7 Å². The van der Waals surface area contributed by atoms with Gasteiger partial charge in [-0.05, 0) is 19.1 Å². The number of fused-ring (bicyclic) bond motifs is 1. The third-order valence-electron chi connectivity index (χ3n) is 3.16. The van der Waals surface area contributed by atoms with Gasteiger partial charge in [-0.1, -0.05) is 0 Å². The summed E-state index contributed by atoms with van der Waals surface area (Å²) in [5.41, 5.74) is 0.508. The maximum absolute atomic E-state index is 12.3. The lowest BCUT2D eigenvalue weighted by atomic mass is 10.2. The molecular formula is C14H13N5O2. The molecule has 0 aliphatic rings. The molecular weight excluding hydrogens is 270 g/mol. The van der Waals surface area contributed by atoms with Crippen LogP contribution in [0.5, 0.6) is 0 Å². The minimum Gasteiger partial charge on any atom is -0.372 e. The zero-order valence-electron chi connectivity index (χ0n) is 11.5. The fourth-order valence-electron chi connectivity index (χ4n) is 2.18. The van der Waals surface area contributed by atoms with Crippen molar-refractivity contribution in [2.24, 2.45) is 0 Å². The number of rotatable bonds is 2. The smallest absolute Gasteiger partial charge is 0.356 e. The van der Waals surface area contributed by atoms with Crippen LogP contribution in [0.1, 0.15) is 5.69 Å². The lowest BCUT2D eigenvalue weighted by Gasteiger charge is -2.11. The summed E-state index contributed by atoms with van der Waals surface area (Å²) in [5, 5.41) is 3.55. The Morgan fingerprint density at radius 2 is 2.00 bits per heavy atom. The van der Waals surface area contributed by atoms with Gasteiger partial charge in [-0.25, -0.2) is 14.3 Å². The van der Waals surface area contributed by atoms with Crippen molar-refractivity contribution in [2.45, 2.75) is 6.92 Å². The highest BCUT2D eigenvalue weighted by Crippen LogP contribution is 2.19. The van der Waals surface area contributed by atoms with Crippen molar-refractivity contribution in [1.82, 2.24) is 19.5 Å². The predicted octanol–water partition coefficient (Wildman–Crippen LogP) is 0.819. The van der Waals surface area contributed by atoms with Crippen LogP contribution >= 0.6 is 0 Å². The zero-order chi connectivity index (χ0) is 15.0. The number of pyridine rings is 2. The van der Waals surface area contributed by atoms with Gasteiger partial charge in [-0.15, -0.1) is 0 Å². The van der Waals surface area contributed by atoms with Crippen molar-refractivity contribution in [3.05, 3.63) is 57.0 Å². The molecule has 0 aromatic carbocycles. The van der Waals surface area contributed by atoms with Crippen LogP contribution in [0, 0.1) is 6.92 Å². The first-order valence-corrected chi connectivity index (χ1v) is 6.37. The van der Waals surface area contributed by atoms with Gasteiger partial charge < -0.3 is 10.3 Å². The second-order valence-corrected chi connectivity index (χ2v) is 4.55. The van der Waals surface area contributed by atoms with Crippen molar-refractivity contribution in [3.63, 3.8) is 0 Å². The number of hydrogen-bond donors (Lipinski definition) is 2. The Hall–Kier alpha value is -2.96. The quantitative estimate of drug-likeness (QED) is 0.726. The molecule has 0 bridgehead atoms. The number of aromatic amines is 1. The van der Waals surface area contributed by atoms with Gasteiger partial charge in [0.2, 0.25) is 5.43 Å². The molecule has 3 aromatic rings. The molecule has 3 rings (SSSR count). The summed E-state index contributed by atoms with van der Waals surface area (Å²) in [6, 6.07) is 5.01. The van der Waals surface area contributed by atoms with E-state index in [4.69, 9.17) is 0 Å². The van der Waals surface area contributed by atoms with E-state index >= 15 is 0 Å². The second-order valence-electron chi connectivity index (χ2n) is 4.55. The van der Waals surface area contributed by atoms with Gasteiger partial charge in [0.15, 0.2) is 5.65 Å². The molecule has 21 heavy (non-hydrogen) atoms. The summed E-state index contributed by atoms with van der Waals surface area (Å²) >= 11 is 0. The average Bonchev–Trinajstić information content (AvgIpc) is 2.47. The number of aromatic nitrogens is 4. The number of hydrogen-bond acceptors (Lipinski definition) is 5. The maximum atomic E-state index is 12.3. The lowest BCUT2D eigenvalue weighted by Crippen LogP contribution is -2.27. The summed E-state index contributed by atoms with van der Waals surface area (Å²) in [4.78, 5) is 35.5. The number of aryl methyl sites for hydroxylation is 1. The fraction of sp³-hybridized carbons (Fsp3) is 0.143. The van der Waals surface area contributed by atoms with Crippen molar-refractivity contribution >= 4 is 16.9 Å². The van der Waals surface area contributed by atoms with Crippen LogP contribution in [0.15, 0.2) is 40.2 Å². The van der Waals surface area contributed by atoms with E-state index < -0.39 is 5.69 Å². The summed E-state index contributed by atoms with van der Waals surface area (Å²) in [6.07, 6.45) is 2.97. The van der Waals surface area contributed by atoms with E-state index in [0.717, 1.165) is 5.69 Å². The van der Waals surface area contributed by atoms with Crippen LogP contribution in [-0.2, 0) is 0 Å². The molecule has 3 aromatic heterocycles.